The number of hydrogen-bond acceptors (Lipinski definition) is 3. The van der Waals surface area contributed by atoms with Crippen molar-refractivity contribution >= 4 is 8.32 Å². The molecule has 0 N–H and O–H groups in total. The van der Waals surface area contributed by atoms with Crippen molar-refractivity contribution in [1.29, 1.82) is 0 Å². The molecule has 2 spiro atoms. The van der Waals surface area contributed by atoms with Crippen molar-refractivity contribution in [2.75, 3.05) is 0 Å². The molecule has 0 unspecified atom stereocenters. The van der Waals surface area contributed by atoms with E-state index in [0.29, 0.717) is 11.3 Å². The van der Waals surface area contributed by atoms with Crippen molar-refractivity contribution in [2.24, 2.45) is 5.41 Å². The zero-order chi connectivity index (χ0) is 29.6. The molecule has 0 saturated heterocycles. The van der Waals surface area contributed by atoms with E-state index in [0.717, 1.165) is 25.7 Å². The highest BCUT2D eigenvalue weighted by Crippen LogP contribution is 2.62. The van der Waals surface area contributed by atoms with Gasteiger partial charge in [-0.05, 0) is 90.1 Å². The highest BCUT2D eigenvalue weighted by atomic mass is 28.4. The van der Waals surface area contributed by atoms with Crippen LogP contribution >= 0.6 is 0 Å². The number of rotatable bonds is 4. The van der Waals surface area contributed by atoms with Gasteiger partial charge in [0.1, 0.15) is 6.10 Å². The topological polar surface area (TPSA) is 31.4 Å². The molecule has 0 radical (unpaired) electrons. The Hall–Kier alpha value is -1.49. The van der Waals surface area contributed by atoms with Crippen LogP contribution in [-0.4, -0.2) is 13.3 Å². The Labute approximate surface area is 251 Å². The molecule has 2 fully saturated rings. The zero-order valence-electron chi connectivity index (χ0n) is 27.7. The summed E-state index contributed by atoms with van der Waals surface area (Å²) in [6.45, 7) is 23.6. The quantitative estimate of drug-likeness (QED) is 0.341. The fourth-order valence-corrected chi connectivity index (χ4v) is 9.29. The first-order valence-corrected chi connectivity index (χ1v) is 19.5. The van der Waals surface area contributed by atoms with Gasteiger partial charge in [-0.3, -0.25) is 4.98 Å². The maximum atomic E-state index is 7.47. The Morgan fingerprint density at radius 2 is 1.54 bits per heavy atom. The van der Waals surface area contributed by atoms with Crippen LogP contribution in [0.3, 0.4) is 0 Å². The molecular formula is C37H55NO2Si. The fourth-order valence-electron chi connectivity index (χ4n) is 8.02. The Balaban J connectivity index is 1.57. The summed E-state index contributed by atoms with van der Waals surface area (Å²) >= 11 is 0. The minimum absolute atomic E-state index is 0.0552. The maximum absolute atomic E-state index is 7.47. The van der Waals surface area contributed by atoms with Crippen molar-refractivity contribution in [1.82, 2.24) is 4.98 Å². The summed E-state index contributed by atoms with van der Waals surface area (Å²) in [7, 11) is -2.00. The summed E-state index contributed by atoms with van der Waals surface area (Å²) in [6, 6.07) is 9.31. The van der Waals surface area contributed by atoms with Crippen molar-refractivity contribution < 1.29 is 9.16 Å². The molecule has 2 atom stereocenters. The third kappa shape index (κ3) is 4.88. The van der Waals surface area contributed by atoms with Crippen LogP contribution in [0, 0.1) is 5.41 Å². The van der Waals surface area contributed by atoms with Gasteiger partial charge >= 0.3 is 0 Å². The highest BCUT2D eigenvalue weighted by molar-refractivity contribution is 6.74. The van der Waals surface area contributed by atoms with Crippen LogP contribution in [0.5, 0.6) is 0 Å². The first-order valence-electron chi connectivity index (χ1n) is 16.6. The predicted molar refractivity (Wildman–Crippen MR) is 172 cm³/mol. The van der Waals surface area contributed by atoms with Gasteiger partial charge in [0.15, 0.2) is 8.32 Å². The number of benzene rings is 1. The van der Waals surface area contributed by atoms with E-state index < -0.39 is 8.32 Å². The number of ether oxygens (including phenoxy) is 1. The van der Waals surface area contributed by atoms with Crippen LogP contribution < -0.4 is 0 Å². The van der Waals surface area contributed by atoms with Gasteiger partial charge in [0.2, 0.25) is 0 Å². The third-order valence-corrected chi connectivity index (χ3v) is 16.1. The number of nitrogens with zero attached hydrogens (tertiary/aromatic N) is 1. The summed E-state index contributed by atoms with van der Waals surface area (Å²) in [4.78, 5) is 5.65. The molecule has 6 rings (SSSR count). The summed E-state index contributed by atoms with van der Waals surface area (Å²) in [6.07, 6.45) is 11.0. The molecule has 2 aromatic rings. The van der Waals surface area contributed by atoms with E-state index in [9.17, 15) is 0 Å². The molecule has 1 aliphatic heterocycles. The van der Waals surface area contributed by atoms with Gasteiger partial charge < -0.3 is 9.16 Å². The molecule has 0 amide bonds. The lowest BCUT2D eigenvalue weighted by molar-refractivity contribution is -0.0584. The first kappa shape index (κ1) is 29.6. The molecule has 41 heavy (non-hydrogen) atoms. The third-order valence-electron chi connectivity index (χ3n) is 11.6. The molecule has 224 valence electrons. The van der Waals surface area contributed by atoms with Crippen LogP contribution in [0.4, 0.5) is 0 Å². The van der Waals surface area contributed by atoms with Crippen molar-refractivity contribution in [3.8, 4) is 0 Å². The summed E-state index contributed by atoms with van der Waals surface area (Å²) in [5, 5.41) is 0.171. The summed E-state index contributed by atoms with van der Waals surface area (Å²) in [5.41, 5.74) is 9.91. The zero-order valence-corrected chi connectivity index (χ0v) is 28.7. The molecule has 0 bridgehead atoms. The van der Waals surface area contributed by atoms with Crippen molar-refractivity contribution in [3.05, 3.63) is 63.5 Å². The van der Waals surface area contributed by atoms with Gasteiger partial charge in [0.25, 0.3) is 0 Å². The first-order chi connectivity index (χ1) is 19.1. The van der Waals surface area contributed by atoms with E-state index in [1.54, 1.807) is 0 Å². The molecule has 2 saturated carbocycles. The van der Waals surface area contributed by atoms with E-state index in [1.165, 1.54) is 71.3 Å². The second kappa shape index (κ2) is 9.76. The fraction of sp³-hybridized carbons (Fsp3) is 0.703. The van der Waals surface area contributed by atoms with E-state index in [2.05, 4.69) is 92.7 Å². The van der Waals surface area contributed by atoms with E-state index in [1.807, 2.05) is 0 Å². The largest absolute Gasteiger partial charge is 0.410 e. The summed E-state index contributed by atoms with van der Waals surface area (Å²) in [5.74, 6) is 0.351. The lowest BCUT2D eigenvalue weighted by Crippen LogP contribution is -2.46. The molecule has 1 aromatic carbocycles. The van der Waals surface area contributed by atoms with E-state index >= 15 is 0 Å². The molecule has 4 heteroatoms. The minimum atomic E-state index is -2.00. The average molecular weight is 574 g/mol. The molecular weight excluding hydrogens is 518 g/mol. The minimum Gasteiger partial charge on any atom is -0.410 e. The second-order valence-electron chi connectivity index (χ2n) is 17.0. The monoisotopic (exact) mass is 573 g/mol. The van der Waals surface area contributed by atoms with E-state index in [4.69, 9.17) is 14.1 Å². The summed E-state index contributed by atoms with van der Waals surface area (Å²) < 4.78 is 14.9. The van der Waals surface area contributed by atoms with Gasteiger partial charge in [-0.1, -0.05) is 98.9 Å². The van der Waals surface area contributed by atoms with Crippen LogP contribution in [-0.2, 0) is 26.6 Å². The van der Waals surface area contributed by atoms with Crippen LogP contribution in [0.15, 0.2) is 24.3 Å². The second-order valence-corrected chi connectivity index (χ2v) is 21.7. The highest BCUT2D eigenvalue weighted by Gasteiger charge is 2.55. The smallest absolute Gasteiger partial charge is 0.192 e. The molecule has 3 aliphatic carbocycles. The Bertz CT molecular complexity index is 1300. The normalized spacial score (nSPS) is 25.0. The van der Waals surface area contributed by atoms with Gasteiger partial charge in [-0.2, -0.15) is 0 Å². The lowest BCUT2D eigenvalue weighted by Gasteiger charge is -2.51. The average Bonchev–Trinajstić information content (AvgIpc) is 3.46. The SMILES string of the molecule is CC(C)c1nc2c(c3c1[C@@H](c1ccc(C(C)(C)C)cc1)OC31CCCC1)[C@@H](O[Si](C)(C)C(C)(C)C)CC1(CCC1)C2. The molecule has 3 nitrogen and oxygen atoms in total. The Morgan fingerprint density at radius 3 is 2.05 bits per heavy atom. The van der Waals surface area contributed by atoms with Gasteiger partial charge in [0, 0.05) is 22.5 Å². The standard InChI is InChI=1S/C37H55NO2Si/c1-24(2)32-30-31(37(20-11-12-21-37)39-33(30)25-14-16-26(17-15-25)34(3,4)5)29-27(38-32)22-36(18-13-19-36)23-28(29)40-41(9,10)35(6,7)8/h14-17,24,28,33H,11-13,18-23H2,1-10H3/t28-,33+/m0/s1. The Kier molecular flexibility index (Phi) is 7.04. The molecule has 2 heterocycles. The van der Waals surface area contributed by atoms with Gasteiger partial charge in [0.05, 0.1) is 11.7 Å². The molecule has 4 aliphatic rings. The number of aromatic nitrogens is 1. The van der Waals surface area contributed by atoms with Crippen LogP contribution in [0.2, 0.25) is 18.1 Å². The van der Waals surface area contributed by atoms with Crippen LogP contribution in [0.25, 0.3) is 0 Å². The van der Waals surface area contributed by atoms with Gasteiger partial charge in [-0.15, -0.1) is 0 Å². The Morgan fingerprint density at radius 1 is 0.902 bits per heavy atom. The van der Waals surface area contributed by atoms with Gasteiger partial charge in [-0.25, -0.2) is 0 Å². The predicted octanol–water partition coefficient (Wildman–Crippen LogP) is 10.6. The lowest BCUT2D eigenvalue weighted by atomic mass is 9.59. The molecule has 1 aromatic heterocycles. The van der Waals surface area contributed by atoms with Crippen LogP contribution in [0.1, 0.15) is 164 Å². The number of fused-ring (bicyclic) bond motifs is 4. The van der Waals surface area contributed by atoms with Crippen molar-refractivity contribution in [2.45, 2.75) is 160 Å². The number of pyridine rings is 1. The van der Waals surface area contributed by atoms with Crippen molar-refractivity contribution in [3.63, 3.8) is 0 Å². The maximum Gasteiger partial charge on any atom is 0.192 e. The number of hydrogen-bond donors (Lipinski definition) is 0. The van der Waals surface area contributed by atoms with E-state index in [-0.39, 0.29) is 28.3 Å².